The van der Waals surface area contributed by atoms with Gasteiger partial charge >= 0.3 is 0 Å². The number of benzene rings is 3. The van der Waals surface area contributed by atoms with Crippen molar-refractivity contribution in [2.45, 2.75) is 40.7 Å². The maximum absolute atomic E-state index is 12.9. The molecule has 0 bridgehead atoms. The Labute approximate surface area is 207 Å². The number of nitrogens with zero attached hydrogens (tertiary/aromatic N) is 1. The van der Waals surface area contributed by atoms with Crippen LogP contribution in [-0.2, 0) is 13.0 Å². The Morgan fingerprint density at radius 3 is 2.34 bits per heavy atom. The fourth-order valence-electron chi connectivity index (χ4n) is 4.43. The first kappa shape index (κ1) is 24.4. The van der Waals surface area contributed by atoms with Gasteiger partial charge in [-0.05, 0) is 81.1 Å². The second kappa shape index (κ2) is 11.1. The fraction of sp³-hybridized carbons (Fsp3) is 0.300. The highest BCUT2D eigenvalue weighted by molar-refractivity contribution is 5.99. The van der Waals surface area contributed by atoms with Crippen LogP contribution in [-0.4, -0.2) is 30.2 Å². The predicted molar refractivity (Wildman–Crippen MR) is 142 cm³/mol. The summed E-state index contributed by atoms with van der Waals surface area (Å²) in [6.07, 6.45) is 0.714. The van der Waals surface area contributed by atoms with E-state index in [1.165, 1.54) is 16.8 Å². The van der Waals surface area contributed by atoms with Crippen molar-refractivity contribution in [3.8, 4) is 11.5 Å². The lowest BCUT2D eigenvalue weighted by molar-refractivity contribution is 0.0954. The molecule has 4 aromatic rings. The second-order valence-electron chi connectivity index (χ2n) is 8.67. The van der Waals surface area contributed by atoms with Crippen LogP contribution in [0.25, 0.3) is 10.9 Å². The van der Waals surface area contributed by atoms with E-state index < -0.39 is 0 Å². The van der Waals surface area contributed by atoms with E-state index in [0.29, 0.717) is 31.7 Å². The van der Waals surface area contributed by atoms with Gasteiger partial charge in [-0.1, -0.05) is 36.4 Å². The highest BCUT2D eigenvalue weighted by Gasteiger charge is 2.14. The zero-order valence-electron chi connectivity index (χ0n) is 21.1. The van der Waals surface area contributed by atoms with Gasteiger partial charge < -0.3 is 19.4 Å². The molecule has 0 aliphatic rings. The number of ether oxygens (including phenoxy) is 2. The van der Waals surface area contributed by atoms with Gasteiger partial charge in [0.05, 0.1) is 13.2 Å². The summed E-state index contributed by atoms with van der Waals surface area (Å²) in [5, 5.41) is 4.19. The summed E-state index contributed by atoms with van der Waals surface area (Å²) in [6.45, 7) is 10.7. The Bertz CT molecular complexity index is 1310. The van der Waals surface area contributed by atoms with Gasteiger partial charge in [0.2, 0.25) is 0 Å². The van der Waals surface area contributed by atoms with Gasteiger partial charge in [-0.15, -0.1) is 0 Å². The number of hydrogen-bond donors (Lipinski definition) is 1. The molecule has 35 heavy (non-hydrogen) atoms. The van der Waals surface area contributed by atoms with E-state index in [4.69, 9.17) is 9.47 Å². The van der Waals surface area contributed by atoms with Crippen molar-refractivity contribution in [1.82, 2.24) is 9.88 Å². The van der Waals surface area contributed by atoms with E-state index >= 15 is 0 Å². The minimum Gasteiger partial charge on any atom is -0.490 e. The van der Waals surface area contributed by atoms with Crippen LogP contribution in [0.15, 0.2) is 66.7 Å². The molecule has 1 aromatic heterocycles. The molecule has 1 amide bonds. The minimum absolute atomic E-state index is 0.0595. The van der Waals surface area contributed by atoms with Gasteiger partial charge in [0, 0.05) is 35.2 Å². The third-order valence-electron chi connectivity index (χ3n) is 6.39. The Balaban J connectivity index is 1.45. The first-order chi connectivity index (χ1) is 17.0. The largest absolute Gasteiger partial charge is 0.490 e. The van der Waals surface area contributed by atoms with E-state index in [-0.39, 0.29) is 5.91 Å². The van der Waals surface area contributed by atoms with Crippen molar-refractivity contribution in [2.24, 2.45) is 0 Å². The summed E-state index contributed by atoms with van der Waals surface area (Å²) in [5.41, 5.74) is 6.62. The first-order valence-electron chi connectivity index (χ1n) is 12.3. The molecule has 4 rings (SSSR count). The number of aryl methyl sites for hydroxylation is 1. The van der Waals surface area contributed by atoms with Gasteiger partial charge in [0.15, 0.2) is 11.5 Å². The SMILES string of the molecule is CCOc1ccc(CCNC(=O)c2ccc3c(c2)c(C)c(C)n3Cc2ccccc2)cc1OCC. The van der Waals surface area contributed by atoms with Crippen molar-refractivity contribution < 1.29 is 14.3 Å². The molecule has 3 aromatic carbocycles. The predicted octanol–water partition coefficient (Wildman–Crippen LogP) is 6.08. The molecule has 182 valence electrons. The molecular formula is C30H34N2O3. The molecule has 5 nitrogen and oxygen atoms in total. The van der Waals surface area contributed by atoms with Gasteiger partial charge in [-0.3, -0.25) is 4.79 Å². The number of amides is 1. The minimum atomic E-state index is -0.0595. The zero-order chi connectivity index (χ0) is 24.8. The molecule has 5 heteroatoms. The molecule has 0 atom stereocenters. The normalized spacial score (nSPS) is 11.0. The van der Waals surface area contributed by atoms with Crippen LogP contribution < -0.4 is 14.8 Å². The molecule has 0 saturated carbocycles. The Hall–Kier alpha value is -3.73. The highest BCUT2D eigenvalue weighted by Crippen LogP contribution is 2.29. The molecule has 0 aliphatic carbocycles. The monoisotopic (exact) mass is 470 g/mol. The average molecular weight is 471 g/mol. The standard InChI is InChI=1S/C30H34N2O3/c1-5-34-28-15-12-23(18-29(28)35-6-2)16-17-31-30(33)25-13-14-27-26(19-25)21(3)22(4)32(27)20-24-10-8-7-9-11-24/h7-15,18-19H,5-6,16-17,20H2,1-4H3,(H,31,33). The topological polar surface area (TPSA) is 52.5 Å². The molecule has 0 aliphatic heterocycles. The molecule has 0 saturated heterocycles. The van der Waals surface area contributed by atoms with Crippen LogP contribution in [0.1, 0.15) is 46.6 Å². The summed E-state index contributed by atoms with van der Waals surface area (Å²) in [4.78, 5) is 12.9. The van der Waals surface area contributed by atoms with Crippen LogP contribution in [0, 0.1) is 13.8 Å². The molecule has 1 heterocycles. The number of nitrogens with one attached hydrogen (secondary N) is 1. The zero-order valence-corrected chi connectivity index (χ0v) is 21.1. The lowest BCUT2D eigenvalue weighted by atomic mass is 10.1. The first-order valence-corrected chi connectivity index (χ1v) is 12.3. The van der Waals surface area contributed by atoms with Crippen molar-refractivity contribution in [3.63, 3.8) is 0 Å². The maximum atomic E-state index is 12.9. The summed E-state index contributed by atoms with van der Waals surface area (Å²) < 4.78 is 13.7. The lowest BCUT2D eigenvalue weighted by Crippen LogP contribution is -2.25. The van der Waals surface area contributed by atoms with Crippen LogP contribution >= 0.6 is 0 Å². The lowest BCUT2D eigenvalue weighted by Gasteiger charge is -2.13. The van der Waals surface area contributed by atoms with Gasteiger partial charge in [0.25, 0.3) is 5.91 Å². The number of rotatable bonds is 10. The molecule has 0 spiro atoms. The summed E-state index contributed by atoms with van der Waals surface area (Å²) >= 11 is 0. The van der Waals surface area contributed by atoms with E-state index in [9.17, 15) is 4.79 Å². The van der Waals surface area contributed by atoms with Crippen LogP contribution in [0.3, 0.4) is 0 Å². The van der Waals surface area contributed by atoms with Gasteiger partial charge in [0.1, 0.15) is 0 Å². The molecular weight excluding hydrogens is 436 g/mol. The number of fused-ring (bicyclic) bond motifs is 1. The number of hydrogen-bond acceptors (Lipinski definition) is 3. The Morgan fingerprint density at radius 1 is 0.857 bits per heavy atom. The molecule has 0 fully saturated rings. The second-order valence-corrected chi connectivity index (χ2v) is 8.67. The van der Waals surface area contributed by atoms with Crippen LogP contribution in [0.4, 0.5) is 0 Å². The Morgan fingerprint density at radius 2 is 1.60 bits per heavy atom. The highest BCUT2D eigenvalue weighted by atomic mass is 16.5. The van der Waals surface area contributed by atoms with E-state index in [1.54, 1.807) is 0 Å². The number of aromatic nitrogens is 1. The van der Waals surface area contributed by atoms with Crippen LogP contribution in [0.2, 0.25) is 0 Å². The van der Waals surface area contributed by atoms with E-state index in [0.717, 1.165) is 34.5 Å². The number of carbonyl (C=O) groups excluding carboxylic acids is 1. The van der Waals surface area contributed by atoms with Crippen LogP contribution in [0.5, 0.6) is 11.5 Å². The van der Waals surface area contributed by atoms with Gasteiger partial charge in [-0.2, -0.15) is 0 Å². The molecule has 0 radical (unpaired) electrons. The fourth-order valence-corrected chi connectivity index (χ4v) is 4.43. The maximum Gasteiger partial charge on any atom is 0.251 e. The van der Waals surface area contributed by atoms with Crippen molar-refractivity contribution in [1.29, 1.82) is 0 Å². The van der Waals surface area contributed by atoms with Crippen molar-refractivity contribution in [3.05, 3.63) is 94.7 Å². The average Bonchev–Trinajstić information content (AvgIpc) is 3.10. The van der Waals surface area contributed by atoms with Crippen molar-refractivity contribution >= 4 is 16.8 Å². The molecule has 1 N–H and O–H groups in total. The third kappa shape index (κ3) is 5.51. The smallest absolute Gasteiger partial charge is 0.251 e. The van der Waals surface area contributed by atoms with E-state index in [2.05, 4.69) is 54.1 Å². The summed E-state index contributed by atoms with van der Waals surface area (Å²) in [7, 11) is 0. The quantitative estimate of drug-likeness (QED) is 0.306. The molecule has 0 unspecified atom stereocenters. The third-order valence-corrected chi connectivity index (χ3v) is 6.39. The summed E-state index contributed by atoms with van der Waals surface area (Å²) in [5.74, 6) is 1.44. The Kier molecular flexibility index (Phi) is 7.76. The van der Waals surface area contributed by atoms with Gasteiger partial charge in [-0.25, -0.2) is 0 Å². The summed E-state index contributed by atoms with van der Waals surface area (Å²) in [6, 6.07) is 22.4. The van der Waals surface area contributed by atoms with E-state index in [1.807, 2.05) is 50.2 Å². The number of carbonyl (C=O) groups is 1. The van der Waals surface area contributed by atoms with Crippen molar-refractivity contribution in [2.75, 3.05) is 19.8 Å².